The summed E-state index contributed by atoms with van der Waals surface area (Å²) >= 11 is 0. The van der Waals surface area contributed by atoms with E-state index in [0.717, 1.165) is 40.9 Å². The van der Waals surface area contributed by atoms with Gasteiger partial charge in [-0.15, -0.1) is 10.2 Å². The minimum atomic E-state index is 0.450. The maximum absolute atomic E-state index is 4.96. The predicted octanol–water partition coefficient (Wildman–Crippen LogP) is 7.36. The Morgan fingerprint density at radius 1 is 0.548 bits per heavy atom. The van der Waals surface area contributed by atoms with E-state index >= 15 is 0 Å². The van der Waals surface area contributed by atoms with Crippen LogP contribution in [-0.4, -0.2) is 34.3 Å². The van der Waals surface area contributed by atoms with Gasteiger partial charge in [-0.2, -0.15) is 0 Å². The van der Waals surface area contributed by atoms with Crippen molar-refractivity contribution >= 4 is 17.0 Å². The van der Waals surface area contributed by atoms with Gasteiger partial charge in [0.25, 0.3) is 0 Å². The van der Waals surface area contributed by atoms with Crippen LogP contribution in [0.1, 0.15) is 17.7 Å². The summed E-state index contributed by atoms with van der Waals surface area (Å²) in [6.07, 6.45) is 6.44. The van der Waals surface area contributed by atoms with Gasteiger partial charge < -0.3 is 0 Å². The highest BCUT2D eigenvalue weighted by atomic mass is 15.4. The summed E-state index contributed by atoms with van der Waals surface area (Å²) in [6.45, 7) is 0. The van der Waals surface area contributed by atoms with E-state index in [2.05, 4.69) is 53.1 Å². The number of fused-ring (bicyclic) bond motifs is 3. The molecule has 7 heteroatoms. The van der Waals surface area contributed by atoms with E-state index in [1.807, 2.05) is 83.4 Å². The molecule has 42 heavy (non-hydrogen) atoms. The standard InChI is InChI=1S/C35H25N7/c1-4-14-24(15-5-1)31-36-32(25-16-6-2-7-17-25)38-33(37-31)34-39-40-35(41(34)26-18-8-3-9-19-26)42-29-22-12-10-20-27(29)28-21-11-13-23-30(28)42/h1-10,12-20,22-23H,11,21H2. The zero-order chi connectivity index (χ0) is 27.9. The fraction of sp³-hybridized carbons (Fsp3) is 0.0571. The van der Waals surface area contributed by atoms with Gasteiger partial charge in [-0.25, -0.2) is 15.0 Å². The molecule has 0 saturated heterocycles. The van der Waals surface area contributed by atoms with Gasteiger partial charge >= 0.3 is 0 Å². The van der Waals surface area contributed by atoms with Crippen LogP contribution in [0.4, 0.5) is 0 Å². The number of rotatable bonds is 5. The number of hydrogen-bond acceptors (Lipinski definition) is 5. The average Bonchev–Trinajstić information content (AvgIpc) is 3.65. The first-order valence-electron chi connectivity index (χ1n) is 14.0. The van der Waals surface area contributed by atoms with Crippen LogP contribution in [0.25, 0.3) is 63.0 Å². The number of aromatic nitrogens is 7. The first kappa shape index (κ1) is 24.1. The second-order valence-electron chi connectivity index (χ2n) is 10.2. The molecule has 3 aromatic heterocycles. The van der Waals surface area contributed by atoms with Crippen LogP contribution >= 0.6 is 0 Å². The maximum atomic E-state index is 4.96. The molecule has 0 spiro atoms. The van der Waals surface area contributed by atoms with Crippen molar-refractivity contribution in [1.29, 1.82) is 0 Å². The third kappa shape index (κ3) is 4.02. The van der Waals surface area contributed by atoms with Crippen LogP contribution in [0.15, 0.2) is 121 Å². The van der Waals surface area contributed by atoms with Gasteiger partial charge in [0.15, 0.2) is 11.6 Å². The van der Waals surface area contributed by atoms with Gasteiger partial charge in [0.2, 0.25) is 17.6 Å². The molecule has 0 N–H and O–H groups in total. The Morgan fingerprint density at radius 2 is 1.14 bits per heavy atom. The van der Waals surface area contributed by atoms with Crippen molar-refractivity contribution in [2.75, 3.05) is 0 Å². The summed E-state index contributed by atoms with van der Waals surface area (Å²) < 4.78 is 4.26. The molecule has 4 aromatic carbocycles. The largest absolute Gasteiger partial charge is 0.278 e. The third-order valence-corrected chi connectivity index (χ3v) is 7.62. The summed E-state index contributed by atoms with van der Waals surface area (Å²) in [4.78, 5) is 14.8. The van der Waals surface area contributed by atoms with E-state index in [4.69, 9.17) is 25.1 Å². The van der Waals surface area contributed by atoms with E-state index in [0.29, 0.717) is 29.2 Å². The highest BCUT2D eigenvalue weighted by Gasteiger charge is 2.26. The Hall–Kier alpha value is -5.69. The van der Waals surface area contributed by atoms with Crippen LogP contribution in [0.3, 0.4) is 0 Å². The highest BCUT2D eigenvalue weighted by molar-refractivity contribution is 5.90. The fourth-order valence-electron chi connectivity index (χ4n) is 5.69. The fourth-order valence-corrected chi connectivity index (χ4v) is 5.69. The molecule has 0 amide bonds. The van der Waals surface area contributed by atoms with Crippen LogP contribution in [-0.2, 0) is 6.42 Å². The molecule has 200 valence electrons. The Labute approximate surface area is 242 Å². The van der Waals surface area contributed by atoms with E-state index in [1.54, 1.807) is 0 Å². The predicted molar refractivity (Wildman–Crippen MR) is 165 cm³/mol. The van der Waals surface area contributed by atoms with Gasteiger partial charge in [0, 0.05) is 16.5 Å². The minimum absolute atomic E-state index is 0.450. The van der Waals surface area contributed by atoms with Crippen molar-refractivity contribution in [3.05, 3.63) is 133 Å². The van der Waals surface area contributed by atoms with Crippen molar-refractivity contribution in [3.8, 4) is 46.1 Å². The lowest BCUT2D eigenvalue weighted by atomic mass is 10.0. The highest BCUT2D eigenvalue weighted by Crippen LogP contribution is 2.35. The Bertz CT molecular complexity index is 2020. The second-order valence-corrected chi connectivity index (χ2v) is 10.2. The van der Waals surface area contributed by atoms with Gasteiger partial charge in [0.05, 0.1) is 16.9 Å². The van der Waals surface area contributed by atoms with Crippen LogP contribution in [0.5, 0.6) is 0 Å². The molecule has 7 nitrogen and oxygen atoms in total. The van der Waals surface area contributed by atoms with Crippen molar-refractivity contribution in [3.63, 3.8) is 0 Å². The van der Waals surface area contributed by atoms with Gasteiger partial charge in [-0.3, -0.25) is 9.13 Å². The first-order valence-corrected chi connectivity index (χ1v) is 14.0. The lowest BCUT2D eigenvalue weighted by Gasteiger charge is -2.15. The molecule has 3 heterocycles. The maximum Gasteiger partial charge on any atom is 0.241 e. The number of allylic oxidation sites excluding steroid dienone is 1. The molecule has 0 saturated carbocycles. The van der Waals surface area contributed by atoms with E-state index in [9.17, 15) is 0 Å². The molecule has 8 rings (SSSR count). The number of para-hydroxylation sites is 2. The molecule has 0 unspecified atom stereocenters. The molecule has 0 bridgehead atoms. The summed E-state index contributed by atoms with van der Waals surface area (Å²) in [7, 11) is 0. The summed E-state index contributed by atoms with van der Waals surface area (Å²) in [6, 6.07) is 38.6. The molecular weight excluding hydrogens is 518 g/mol. The quantitative estimate of drug-likeness (QED) is 0.227. The van der Waals surface area contributed by atoms with E-state index in [1.165, 1.54) is 10.9 Å². The van der Waals surface area contributed by atoms with Crippen LogP contribution < -0.4 is 0 Å². The van der Waals surface area contributed by atoms with Crippen LogP contribution in [0.2, 0.25) is 0 Å². The van der Waals surface area contributed by atoms with E-state index < -0.39 is 0 Å². The minimum Gasteiger partial charge on any atom is -0.278 e. The molecule has 1 aliphatic rings. The lowest BCUT2D eigenvalue weighted by Crippen LogP contribution is -2.10. The van der Waals surface area contributed by atoms with Gasteiger partial charge in [-0.1, -0.05) is 103 Å². The van der Waals surface area contributed by atoms with Crippen molar-refractivity contribution in [1.82, 2.24) is 34.3 Å². The second kappa shape index (κ2) is 10.1. The zero-order valence-corrected chi connectivity index (χ0v) is 22.7. The molecule has 7 aromatic rings. The molecule has 0 aliphatic heterocycles. The summed E-state index contributed by atoms with van der Waals surface area (Å²) in [5.74, 6) is 2.83. The Morgan fingerprint density at radius 3 is 1.83 bits per heavy atom. The molecular formula is C35H25N7. The van der Waals surface area contributed by atoms with Crippen molar-refractivity contribution < 1.29 is 0 Å². The number of aryl methyl sites for hydroxylation is 1. The molecule has 1 aliphatic carbocycles. The third-order valence-electron chi connectivity index (χ3n) is 7.62. The zero-order valence-electron chi connectivity index (χ0n) is 22.7. The Balaban J connectivity index is 1.42. The molecule has 0 fully saturated rings. The van der Waals surface area contributed by atoms with Crippen molar-refractivity contribution in [2.24, 2.45) is 0 Å². The summed E-state index contributed by atoms with van der Waals surface area (Å²) in [5, 5.41) is 10.8. The summed E-state index contributed by atoms with van der Waals surface area (Å²) in [5.41, 5.74) is 6.27. The van der Waals surface area contributed by atoms with Gasteiger partial charge in [0.1, 0.15) is 0 Å². The smallest absolute Gasteiger partial charge is 0.241 e. The lowest BCUT2D eigenvalue weighted by molar-refractivity contribution is 0.884. The molecule has 0 radical (unpaired) electrons. The van der Waals surface area contributed by atoms with Crippen LogP contribution in [0, 0.1) is 0 Å². The Kier molecular flexibility index (Phi) is 5.78. The SMILES string of the molecule is C1=Cc2c(c3ccccc3n2-c2nnc(-c3nc(-c4ccccc4)nc(-c4ccccc4)n3)n2-c2ccccc2)CC1. The van der Waals surface area contributed by atoms with Gasteiger partial charge in [-0.05, 0) is 42.7 Å². The number of benzene rings is 4. The number of nitrogens with zero attached hydrogens (tertiary/aromatic N) is 7. The normalized spacial score (nSPS) is 12.5. The van der Waals surface area contributed by atoms with Crippen molar-refractivity contribution in [2.45, 2.75) is 12.8 Å². The molecule has 0 atom stereocenters. The number of hydrogen-bond donors (Lipinski definition) is 0. The first-order chi connectivity index (χ1) is 20.8. The monoisotopic (exact) mass is 543 g/mol. The topological polar surface area (TPSA) is 74.3 Å². The average molecular weight is 544 g/mol. The van der Waals surface area contributed by atoms with E-state index in [-0.39, 0.29) is 0 Å².